The predicted molar refractivity (Wildman–Crippen MR) is 71.0 cm³/mol. The fourth-order valence-corrected chi connectivity index (χ4v) is 2.12. The van der Waals surface area contributed by atoms with Gasteiger partial charge in [0, 0.05) is 12.8 Å². The summed E-state index contributed by atoms with van der Waals surface area (Å²) in [4.78, 5) is 12.1. The summed E-state index contributed by atoms with van der Waals surface area (Å²) in [5, 5.41) is 2.61. The van der Waals surface area contributed by atoms with Crippen molar-refractivity contribution in [3.8, 4) is 0 Å². The molecule has 1 amide bonds. The molecule has 18 heavy (non-hydrogen) atoms. The number of benzene rings is 1. The number of para-hydroxylation sites is 1. The standard InChI is InChI=1S/C12H18N2O3S/c1-12(2,8-13)11(15)14-9-6-4-5-7-10(9)18(3,16)17/h4-7H,8,13H2,1-3H3,(H,14,15). The van der Waals surface area contributed by atoms with Crippen molar-refractivity contribution in [2.24, 2.45) is 11.1 Å². The number of sulfone groups is 1. The summed E-state index contributed by atoms with van der Waals surface area (Å²) in [5.41, 5.74) is 5.04. The monoisotopic (exact) mass is 270 g/mol. The van der Waals surface area contributed by atoms with E-state index in [-0.39, 0.29) is 23.0 Å². The lowest BCUT2D eigenvalue weighted by atomic mass is 9.92. The van der Waals surface area contributed by atoms with Gasteiger partial charge in [0.2, 0.25) is 5.91 Å². The van der Waals surface area contributed by atoms with Crippen LogP contribution in [-0.4, -0.2) is 27.1 Å². The van der Waals surface area contributed by atoms with Crippen molar-refractivity contribution in [2.75, 3.05) is 18.1 Å². The smallest absolute Gasteiger partial charge is 0.231 e. The molecular weight excluding hydrogens is 252 g/mol. The number of hydrogen-bond donors (Lipinski definition) is 2. The average Bonchev–Trinajstić information content (AvgIpc) is 2.28. The Morgan fingerprint density at radius 1 is 1.33 bits per heavy atom. The molecule has 1 rings (SSSR count). The van der Waals surface area contributed by atoms with Crippen molar-refractivity contribution in [1.29, 1.82) is 0 Å². The predicted octanol–water partition coefficient (Wildman–Crippen LogP) is 1.01. The summed E-state index contributed by atoms with van der Waals surface area (Å²) in [7, 11) is -3.38. The van der Waals surface area contributed by atoms with Crippen LogP contribution < -0.4 is 11.1 Å². The zero-order valence-corrected chi connectivity index (χ0v) is 11.5. The summed E-state index contributed by atoms with van der Waals surface area (Å²) < 4.78 is 23.2. The van der Waals surface area contributed by atoms with Crippen LogP contribution in [0.2, 0.25) is 0 Å². The molecule has 0 aliphatic rings. The zero-order valence-electron chi connectivity index (χ0n) is 10.7. The molecule has 0 saturated carbocycles. The van der Waals surface area contributed by atoms with Crippen molar-refractivity contribution in [3.05, 3.63) is 24.3 Å². The molecule has 0 heterocycles. The zero-order chi connectivity index (χ0) is 14.0. The van der Waals surface area contributed by atoms with Crippen LogP contribution in [0.25, 0.3) is 0 Å². The Morgan fingerprint density at radius 3 is 2.39 bits per heavy atom. The van der Waals surface area contributed by atoms with Crippen LogP contribution >= 0.6 is 0 Å². The lowest BCUT2D eigenvalue weighted by Crippen LogP contribution is -2.37. The number of anilines is 1. The minimum Gasteiger partial charge on any atom is -0.329 e. The molecule has 0 aliphatic carbocycles. The van der Waals surface area contributed by atoms with E-state index in [9.17, 15) is 13.2 Å². The molecule has 0 aliphatic heterocycles. The third-order valence-electron chi connectivity index (χ3n) is 2.66. The van der Waals surface area contributed by atoms with Crippen LogP contribution in [0, 0.1) is 5.41 Å². The first-order valence-corrected chi connectivity index (χ1v) is 7.38. The summed E-state index contributed by atoms with van der Waals surface area (Å²) in [6, 6.07) is 6.29. The van der Waals surface area contributed by atoms with E-state index in [1.165, 1.54) is 6.07 Å². The molecule has 0 unspecified atom stereocenters. The van der Waals surface area contributed by atoms with Gasteiger partial charge in [-0.2, -0.15) is 0 Å². The number of amides is 1. The van der Waals surface area contributed by atoms with Crippen molar-refractivity contribution < 1.29 is 13.2 Å². The van der Waals surface area contributed by atoms with Gasteiger partial charge >= 0.3 is 0 Å². The first-order valence-electron chi connectivity index (χ1n) is 5.49. The summed E-state index contributed by atoms with van der Waals surface area (Å²) in [5.74, 6) is -0.305. The van der Waals surface area contributed by atoms with Crippen LogP contribution in [0.4, 0.5) is 5.69 Å². The molecule has 0 fully saturated rings. The maximum absolute atomic E-state index is 12.0. The number of carbonyl (C=O) groups excluding carboxylic acids is 1. The minimum atomic E-state index is -3.38. The molecule has 100 valence electrons. The summed E-state index contributed by atoms with van der Waals surface area (Å²) in [6.07, 6.45) is 1.10. The Kier molecular flexibility index (Phi) is 4.13. The Hall–Kier alpha value is -1.40. The maximum atomic E-state index is 12.0. The third kappa shape index (κ3) is 3.30. The minimum absolute atomic E-state index is 0.103. The van der Waals surface area contributed by atoms with Gasteiger partial charge in [-0.1, -0.05) is 12.1 Å². The molecule has 0 spiro atoms. The molecule has 0 atom stereocenters. The molecule has 1 aromatic carbocycles. The van der Waals surface area contributed by atoms with Crippen molar-refractivity contribution in [2.45, 2.75) is 18.7 Å². The summed E-state index contributed by atoms with van der Waals surface area (Å²) >= 11 is 0. The van der Waals surface area contributed by atoms with E-state index in [2.05, 4.69) is 5.32 Å². The Balaban J connectivity index is 3.11. The number of hydrogen-bond acceptors (Lipinski definition) is 4. The van der Waals surface area contributed by atoms with Crippen LogP contribution in [0.1, 0.15) is 13.8 Å². The largest absolute Gasteiger partial charge is 0.329 e. The Labute approximate surface area is 107 Å². The van der Waals surface area contributed by atoms with E-state index in [0.717, 1.165) is 6.26 Å². The number of carbonyl (C=O) groups is 1. The van der Waals surface area contributed by atoms with Gasteiger partial charge in [0.05, 0.1) is 16.0 Å². The molecule has 0 saturated heterocycles. The topological polar surface area (TPSA) is 89.3 Å². The SMILES string of the molecule is CC(C)(CN)C(=O)Nc1ccccc1S(C)(=O)=O. The molecule has 5 nitrogen and oxygen atoms in total. The van der Waals surface area contributed by atoms with E-state index in [0.29, 0.717) is 0 Å². The van der Waals surface area contributed by atoms with Gasteiger partial charge in [-0.25, -0.2) is 8.42 Å². The van der Waals surface area contributed by atoms with E-state index in [1.807, 2.05) is 0 Å². The normalized spacial score (nSPS) is 12.2. The van der Waals surface area contributed by atoms with E-state index in [4.69, 9.17) is 5.73 Å². The van der Waals surface area contributed by atoms with Gasteiger partial charge in [-0.05, 0) is 26.0 Å². The highest BCUT2D eigenvalue weighted by molar-refractivity contribution is 7.90. The van der Waals surface area contributed by atoms with E-state index < -0.39 is 15.3 Å². The van der Waals surface area contributed by atoms with Crippen molar-refractivity contribution >= 4 is 21.4 Å². The van der Waals surface area contributed by atoms with Crippen molar-refractivity contribution in [3.63, 3.8) is 0 Å². The van der Waals surface area contributed by atoms with Gasteiger partial charge < -0.3 is 11.1 Å². The van der Waals surface area contributed by atoms with E-state index >= 15 is 0 Å². The Bertz CT molecular complexity index is 550. The van der Waals surface area contributed by atoms with Gasteiger partial charge in [-0.3, -0.25) is 4.79 Å². The van der Waals surface area contributed by atoms with Gasteiger partial charge in [0.25, 0.3) is 0 Å². The second-order valence-corrected chi connectivity index (χ2v) is 6.79. The van der Waals surface area contributed by atoms with Crippen molar-refractivity contribution in [1.82, 2.24) is 0 Å². The molecule has 1 aromatic rings. The highest BCUT2D eigenvalue weighted by Crippen LogP contribution is 2.23. The fraction of sp³-hybridized carbons (Fsp3) is 0.417. The van der Waals surface area contributed by atoms with Crippen LogP contribution in [0.5, 0.6) is 0 Å². The maximum Gasteiger partial charge on any atom is 0.231 e. The first-order chi connectivity index (χ1) is 8.18. The second-order valence-electron chi connectivity index (χ2n) is 4.81. The van der Waals surface area contributed by atoms with E-state index in [1.54, 1.807) is 32.0 Å². The average molecular weight is 270 g/mol. The van der Waals surface area contributed by atoms with Crippen LogP contribution in [0.15, 0.2) is 29.2 Å². The lowest BCUT2D eigenvalue weighted by molar-refractivity contribution is -0.123. The second kappa shape index (κ2) is 5.07. The van der Waals surface area contributed by atoms with Gasteiger partial charge in [0.1, 0.15) is 0 Å². The molecule has 6 heteroatoms. The number of nitrogens with two attached hydrogens (primary N) is 1. The molecule has 0 aromatic heterocycles. The van der Waals surface area contributed by atoms with Gasteiger partial charge in [-0.15, -0.1) is 0 Å². The van der Waals surface area contributed by atoms with Crippen LogP contribution in [-0.2, 0) is 14.6 Å². The Morgan fingerprint density at radius 2 is 1.89 bits per heavy atom. The molecule has 3 N–H and O–H groups in total. The highest BCUT2D eigenvalue weighted by atomic mass is 32.2. The lowest BCUT2D eigenvalue weighted by Gasteiger charge is -2.22. The first kappa shape index (κ1) is 14.7. The molecule has 0 radical (unpaired) electrons. The molecule has 0 bridgehead atoms. The number of rotatable bonds is 4. The number of nitrogens with one attached hydrogen (secondary N) is 1. The highest BCUT2D eigenvalue weighted by Gasteiger charge is 2.27. The third-order valence-corrected chi connectivity index (χ3v) is 3.81. The van der Waals surface area contributed by atoms with Gasteiger partial charge in [0.15, 0.2) is 9.84 Å². The summed E-state index contributed by atoms with van der Waals surface area (Å²) in [6.45, 7) is 3.58. The molecular formula is C12H18N2O3S. The fourth-order valence-electron chi connectivity index (χ4n) is 1.28. The van der Waals surface area contributed by atoms with Crippen LogP contribution in [0.3, 0.4) is 0 Å². The quantitative estimate of drug-likeness (QED) is 0.854.